The van der Waals surface area contributed by atoms with Crippen LogP contribution in [0.2, 0.25) is 0 Å². The largest absolute Gasteiger partial charge is 0.0852 e. The van der Waals surface area contributed by atoms with Gasteiger partial charge in [0.15, 0.2) is 0 Å². The summed E-state index contributed by atoms with van der Waals surface area (Å²) in [5.41, 5.74) is 0. The second-order valence-corrected chi connectivity index (χ2v) is 0. The van der Waals surface area contributed by atoms with Gasteiger partial charge < -0.3 is 0 Å². The van der Waals surface area contributed by atoms with Crippen molar-refractivity contribution >= 4 is 17.6 Å². The first kappa shape index (κ1) is 38.7. The molecule has 0 aliphatic heterocycles. The third-order valence-electron chi connectivity index (χ3n) is 0. The first-order valence-corrected chi connectivity index (χ1v) is 3.00. The van der Waals surface area contributed by atoms with Crippen molar-refractivity contribution in [3.05, 3.63) is 0 Å². The summed E-state index contributed by atoms with van der Waals surface area (Å²) in [7, 11) is 3.44. The van der Waals surface area contributed by atoms with E-state index in [1.165, 1.54) is 10.1 Å². The molecule has 0 amide bonds. The Balaban J connectivity index is -0.000000000833. The van der Waals surface area contributed by atoms with E-state index in [4.69, 9.17) is 0 Å². The first-order chi connectivity index (χ1) is 1.00. The Hall–Kier alpha value is 2.54. The molecule has 0 nitrogen and oxygen atoms in total. The number of rotatable bonds is 0. The minimum absolute atomic E-state index is 0. The molecule has 0 aromatic heterocycles. The molecule has 0 aliphatic carbocycles. The average molecular weight is 310 g/mol. The van der Waals surface area contributed by atoms with Crippen LogP contribution in [0.15, 0.2) is 0 Å². The molecule has 44 valence electrons. The molecule has 0 heterocycles. The van der Waals surface area contributed by atoms with Crippen LogP contribution in [0.1, 0.15) is 0 Å². The molecule has 0 bridgehead atoms. The van der Waals surface area contributed by atoms with Gasteiger partial charge in [-0.05, 0) is 10.1 Å². The van der Waals surface area contributed by atoms with E-state index in [1.54, 1.807) is 0 Å². The van der Waals surface area contributed by atoms with E-state index < -0.39 is 0 Å². The second-order valence-electron chi connectivity index (χ2n) is 0. The Kier molecular flexibility index (Phi) is 323. The van der Waals surface area contributed by atoms with Gasteiger partial charge in [0, 0.05) is 72.7 Å². The molecule has 0 N–H and O–H groups in total. The molecule has 0 unspecified atom stereocenters. The van der Waals surface area contributed by atoms with Gasteiger partial charge in [-0.25, -0.2) is 0 Å². The van der Waals surface area contributed by atoms with Crippen LogP contribution in [-0.2, 0) is 72.7 Å². The van der Waals surface area contributed by atoms with Crippen LogP contribution in [0.5, 0.6) is 0 Å². The predicted octanol–water partition coefficient (Wildman–Crippen LogP) is -2.11. The Morgan fingerprint density at radius 2 is 1.17 bits per heavy atom. The Morgan fingerprint density at radius 1 is 1.17 bits per heavy atom. The van der Waals surface area contributed by atoms with Crippen LogP contribution in [0.3, 0.4) is 0 Å². The van der Waals surface area contributed by atoms with E-state index in [0.717, 1.165) is 0 Å². The third kappa shape index (κ3) is 31.1. The van der Waals surface area contributed by atoms with Gasteiger partial charge in [-0.15, -0.1) is 0 Å². The molecular weight excluding hydrogens is 305 g/mol. The summed E-state index contributed by atoms with van der Waals surface area (Å²) in [6.07, 6.45) is 0. The fourth-order valence-corrected chi connectivity index (χ4v) is 0. The molecule has 0 rings (SSSR count). The second kappa shape index (κ2) is 50.0. The Bertz CT molecular complexity index is 15.5. The van der Waals surface area contributed by atoms with E-state index in [2.05, 4.69) is 7.44 Å². The molecule has 0 fully saturated rings. The maximum Gasteiger partial charge on any atom is 0.0852 e. The average Bonchev–Trinajstić information content (AvgIpc) is 1.00. The van der Waals surface area contributed by atoms with Crippen LogP contribution in [-0.4, -0.2) is 17.6 Å². The van der Waals surface area contributed by atoms with Gasteiger partial charge >= 0.3 is 0 Å². The monoisotopic (exact) mass is 310 g/mol. The van der Waals surface area contributed by atoms with E-state index in [0.29, 0.717) is 0 Å². The number of hydrogen-bond donors (Lipinski definition) is 0. The van der Waals surface area contributed by atoms with Crippen molar-refractivity contribution in [3.63, 3.8) is 0 Å². The zero-order valence-electron chi connectivity index (χ0n) is 3.45. The van der Waals surface area contributed by atoms with Crippen molar-refractivity contribution in [1.29, 1.82) is 0 Å². The smallest absolute Gasteiger partial charge is 0.0304 e. The van der Waals surface area contributed by atoms with Gasteiger partial charge in [-0.1, -0.05) is 0 Å². The molecule has 0 aliphatic rings. The fraction of sp³-hybridized carbons (Fsp3) is 0. The van der Waals surface area contributed by atoms with Crippen LogP contribution in [0, 0.1) is 0 Å². The van der Waals surface area contributed by atoms with Crippen molar-refractivity contribution in [1.82, 2.24) is 0 Å². The quantitative estimate of drug-likeness (QED) is 0.449. The molecule has 0 atom stereocenters. The van der Waals surface area contributed by atoms with Crippen LogP contribution < -0.4 is 0 Å². The summed E-state index contributed by atoms with van der Waals surface area (Å²) in [6.45, 7) is 0. The summed E-state index contributed by atoms with van der Waals surface area (Å²) in [4.78, 5) is 0. The molecular formula is H5BCoFeNbNiSi. The zero-order valence-corrected chi connectivity index (χ0v) is 10.8. The van der Waals surface area contributed by atoms with E-state index >= 15 is 0 Å². The zero-order chi connectivity index (χ0) is 2.00. The summed E-state index contributed by atoms with van der Waals surface area (Å²) in [6, 6.07) is 0. The molecule has 6 heteroatoms. The molecule has 2 radical (unpaired) electrons. The van der Waals surface area contributed by atoms with E-state index in [-0.39, 0.29) is 72.7 Å². The molecule has 6 heavy (non-hydrogen) atoms. The van der Waals surface area contributed by atoms with Gasteiger partial charge in [0.25, 0.3) is 0 Å². The van der Waals surface area contributed by atoms with Gasteiger partial charge in [0.1, 0.15) is 0 Å². The summed E-state index contributed by atoms with van der Waals surface area (Å²) in [5.74, 6) is 0. The van der Waals surface area contributed by atoms with Gasteiger partial charge in [-0.2, -0.15) is 0 Å². The minimum Gasteiger partial charge on any atom is -0.0304 e. The third-order valence-corrected chi connectivity index (χ3v) is 0. The molecule has 0 saturated heterocycles. The van der Waals surface area contributed by atoms with Gasteiger partial charge in [0.2, 0.25) is 0 Å². The molecule has 0 saturated carbocycles. The first-order valence-electron chi connectivity index (χ1n) is 1.00. The number of hydrogen-bond acceptors (Lipinski definition) is 0. The molecule has 0 spiro atoms. The van der Waals surface area contributed by atoms with Gasteiger partial charge in [-0.3, -0.25) is 0 Å². The SMILES string of the molecule is B[SiH3].[Co].[Fe].[Nb].[Ni]. The van der Waals surface area contributed by atoms with Crippen LogP contribution in [0.4, 0.5) is 0 Å². The van der Waals surface area contributed by atoms with Crippen molar-refractivity contribution in [3.8, 4) is 0 Å². The fourth-order valence-electron chi connectivity index (χ4n) is 0. The topological polar surface area (TPSA) is 0 Å². The Morgan fingerprint density at radius 3 is 1.17 bits per heavy atom. The maximum absolute atomic E-state index is 2.14. The van der Waals surface area contributed by atoms with Crippen molar-refractivity contribution in [2.24, 2.45) is 0 Å². The normalized spacial score (nSPS) is 1.33. The van der Waals surface area contributed by atoms with E-state index in [1.807, 2.05) is 0 Å². The van der Waals surface area contributed by atoms with Crippen molar-refractivity contribution in [2.45, 2.75) is 0 Å². The van der Waals surface area contributed by atoms with Crippen LogP contribution in [0.25, 0.3) is 0 Å². The Labute approximate surface area is 89.2 Å². The standard InChI is InChI=1S/BH5Si.Co.Fe.Nb.Ni/c1-2;;;;/h1H2,2H3;;;;. The van der Waals surface area contributed by atoms with Crippen LogP contribution >= 0.6 is 0 Å². The predicted molar refractivity (Wildman–Crippen MR) is 18.5 cm³/mol. The summed E-state index contributed by atoms with van der Waals surface area (Å²) < 4.78 is 0. The maximum atomic E-state index is 2.14. The van der Waals surface area contributed by atoms with Gasteiger partial charge in [0.05, 0.1) is 7.44 Å². The van der Waals surface area contributed by atoms with Crippen molar-refractivity contribution < 1.29 is 72.7 Å². The molecule has 0 aromatic rings. The van der Waals surface area contributed by atoms with E-state index in [9.17, 15) is 0 Å². The summed E-state index contributed by atoms with van der Waals surface area (Å²) in [5, 5.41) is 0. The summed E-state index contributed by atoms with van der Waals surface area (Å²) >= 11 is 0. The minimum atomic E-state index is 0. The van der Waals surface area contributed by atoms with Crippen molar-refractivity contribution in [2.75, 3.05) is 0 Å². The molecule has 0 aromatic carbocycles.